The number of carbonyl (C=O) groups is 1. The highest BCUT2D eigenvalue weighted by Gasteiger charge is 2.32. The summed E-state index contributed by atoms with van der Waals surface area (Å²) >= 11 is 0. The number of hydrogen-bond acceptors (Lipinski definition) is 3. The van der Waals surface area contributed by atoms with Gasteiger partial charge in [-0.2, -0.15) is 0 Å². The molecule has 1 aromatic carbocycles. The minimum Gasteiger partial charge on any atom is -0.482 e. The highest BCUT2D eigenvalue weighted by molar-refractivity contribution is 6.21. The number of nitrogens with zero attached hydrogens (tertiary/aromatic N) is 2. The number of methoxy groups -OCH3 is 1. The van der Waals surface area contributed by atoms with Gasteiger partial charge in [0.2, 0.25) is 0 Å². The molecule has 2 aliphatic rings. The van der Waals surface area contributed by atoms with Crippen molar-refractivity contribution in [1.82, 2.24) is 9.58 Å². The minimum atomic E-state index is -0.195. The van der Waals surface area contributed by atoms with Crippen LogP contribution in [0.5, 0.6) is 5.88 Å². The fourth-order valence-electron chi connectivity index (χ4n) is 3.27. The molecule has 0 saturated carbocycles. The van der Waals surface area contributed by atoms with Crippen molar-refractivity contribution in [3.05, 3.63) is 65.5 Å². The third-order valence-corrected chi connectivity index (χ3v) is 4.31. The first-order valence-electron chi connectivity index (χ1n) is 7.55. The van der Waals surface area contributed by atoms with E-state index in [0.717, 1.165) is 40.4 Å². The van der Waals surface area contributed by atoms with Crippen LogP contribution in [0.2, 0.25) is 0 Å². The topological polar surface area (TPSA) is 60.5 Å². The van der Waals surface area contributed by atoms with Crippen molar-refractivity contribution < 1.29 is 9.53 Å². The molecule has 1 amide bonds. The summed E-state index contributed by atoms with van der Waals surface area (Å²) in [6.45, 7) is 0. The van der Waals surface area contributed by atoms with Crippen LogP contribution < -0.4 is 10.6 Å². The van der Waals surface area contributed by atoms with Crippen molar-refractivity contribution in [1.29, 1.82) is 0 Å². The maximum Gasteiger partial charge on any atom is 0.273 e. The van der Waals surface area contributed by atoms with E-state index < -0.39 is 0 Å². The number of allylic oxidation sites excluding steroid dienone is 1. The number of nitrogens with two attached hydrogens (primary N) is 1. The monoisotopic (exact) mass is 307 g/mol. The number of amides is 1. The van der Waals surface area contributed by atoms with Crippen molar-refractivity contribution in [3.8, 4) is 5.88 Å². The molecule has 23 heavy (non-hydrogen) atoms. The Morgan fingerprint density at radius 2 is 2.00 bits per heavy atom. The third-order valence-electron chi connectivity index (χ3n) is 4.31. The molecule has 0 atom stereocenters. The van der Waals surface area contributed by atoms with Gasteiger partial charge in [0.1, 0.15) is 0 Å². The highest BCUT2D eigenvalue weighted by atomic mass is 16.5. The minimum absolute atomic E-state index is 0.195. The second-order valence-corrected chi connectivity index (χ2v) is 5.65. The first kappa shape index (κ1) is 13.8. The van der Waals surface area contributed by atoms with Crippen LogP contribution in [0.25, 0.3) is 11.3 Å². The molecule has 1 aliphatic carbocycles. The van der Waals surface area contributed by atoms with Crippen molar-refractivity contribution in [3.63, 3.8) is 0 Å². The second kappa shape index (κ2) is 5.14. The number of benzene rings is 1. The first-order valence-corrected chi connectivity index (χ1v) is 7.55. The summed E-state index contributed by atoms with van der Waals surface area (Å²) < 4.78 is 7.56. The Morgan fingerprint density at radius 3 is 2.74 bits per heavy atom. The molecule has 5 heteroatoms. The predicted octanol–water partition coefficient (Wildman–Crippen LogP) is 2.39. The predicted molar refractivity (Wildman–Crippen MR) is 88.1 cm³/mol. The molecular weight excluding hydrogens is 290 g/mol. The summed E-state index contributed by atoms with van der Waals surface area (Å²) in [4.78, 5) is 12.6. The maximum absolute atomic E-state index is 12.6. The van der Waals surface area contributed by atoms with Crippen LogP contribution in [0.3, 0.4) is 0 Å². The van der Waals surface area contributed by atoms with E-state index in [2.05, 4.69) is 0 Å². The highest BCUT2D eigenvalue weighted by Crippen LogP contribution is 2.39. The zero-order valence-corrected chi connectivity index (χ0v) is 12.8. The molecule has 0 spiro atoms. The van der Waals surface area contributed by atoms with Gasteiger partial charge in [-0.1, -0.05) is 36.4 Å². The fraction of sp³-hybridized carbons (Fsp3) is 0.167. The number of hydrogen-bond donors (Lipinski definition) is 1. The lowest BCUT2D eigenvalue weighted by molar-refractivity contribution is -0.122. The standard InChI is InChI=1S/C18H17N3O2/c1-23-16-10-13-8-5-9-14-17(13)21(16)15(11-20(19)18(14)22)12-6-3-2-4-7-12/h2-4,6-7,9-11H,5,8,19H2,1H3. The van der Waals surface area contributed by atoms with Crippen LogP contribution in [0.4, 0.5) is 0 Å². The molecule has 2 aromatic rings. The first-order chi connectivity index (χ1) is 11.2. The van der Waals surface area contributed by atoms with Crippen molar-refractivity contribution in [2.45, 2.75) is 12.8 Å². The van der Waals surface area contributed by atoms with E-state index in [1.54, 1.807) is 13.3 Å². The van der Waals surface area contributed by atoms with Crippen LogP contribution >= 0.6 is 0 Å². The normalized spacial score (nSPS) is 16.4. The lowest BCUT2D eigenvalue weighted by Crippen LogP contribution is -2.32. The van der Waals surface area contributed by atoms with E-state index >= 15 is 0 Å². The summed E-state index contributed by atoms with van der Waals surface area (Å²) in [5.74, 6) is 6.50. The van der Waals surface area contributed by atoms with Crippen LogP contribution in [0.15, 0.2) is 48.7 Å². The molecule has 0 unspecified atom stereocenters. The lowest BCUT2D eigenvalue weighted by atomic mass is 9.96. The molecular formula is C18H17N3O2. The van der Waals surface area contributed by atoms with Gasteiger partial charge in [0.25, 0.3) is 5.91 Å². The summed E-state index contributed by atoms with van der Waals surface area (Å²) in [5, 5.41) is 1.16. The molecule has 2 N–H and O–H groups in total. The van der Waals surface area contributed by atoms with E-state index in [-0.39, 0.29) is 5.91 Å². The van der Waals surface area contributed by atoms with E-state index in [0.29, 0.717) is 11.5 Å². The number of hydrazine groups is 1. The molecule has 1 aromatic heterocycles. The largest absolute Gasteiger partial charge is 0.482 e. The molecule has 0 bridgehead atoms. The summed E-state index contributed by atoms with van der Waals surface area (Å²) in [6, 6.07) is 11.9. The summed E-state index contributed by atoms with van der Waals surface area (Å²) in [6.07, 6.45) is 5.35. The van der Waals surface area contributed by atoms with E-state index in [4.69, 9.17) is 10.6 Å². The zero-order valence-electron chi connectivity index (χ0n) is 12.8. The van der Waals surface area contributed by atoms with Crippen molar-refractivity contribution >= 4 is 17.2 Å². The van der Waals surface area contributed by atoms with Gasteiger partial charge < -0.3 is 4.74 Å². The Labute approximate surface area is 134 Å². The SMILES string of the molecule is COc1cc2c3n1C(c1ccccc1)=CN(N)C(=O)C3=CCC2. The van der Waals surface area contributed by atoms with E-state index in [1.807, 2.05) is 47.0 Å². The molecule has 116 valence electrons. The summed E-state index contributed by atoms with van der Waals surface area (Å²) in [7, 11) is 1.64. The van der Waals surface area contributed by atoms with Gasteiger partial charge >= 0.3 is 0 Å². The van der Waals surface area contributed by atoms with Crippen molar-refractivity contribution in [2.24, 2.45) is 5.84 Å². The molecule has 5 nitrogen and oxygen atoms in total. The Bertz CT molecular complexity index is 847. The molecule has 2 heterocycles. The number of ether oxygens (including phenoxy) is 1. The second-order valence-electron chi connectivity index (χ2n) is 5.65. The molecule has 0 radical (unpaired) electrons. The van der Waals surface area contributed by atoms with E-state index in [1.165, 1.54) is 0 Å². The van der Waals surface area contributed by atoms with Gasteiger partial charge in [0.15, 0.2) is 5.88 Å². The number of rotatable bonds is 2. The van der Waals surface area contributed by atoms with Crippen molar-refractivity contribution in [2.75, 3.05) is 7.11 Å². The Hall–Kier alpha value is -2.79. The molecule has 4 rings (SSSR count). The third kappa shape index (κ3) is 2.01. The van der Waals surface area contributed by atoms with Crippen LogP contribution in [-0.2, 0) is 11.2 Å². The lowest BCUT2D eigenvalue weighted by Gasteiger charge is -2.17. The molecule has 0 fully saturated rings. The molecule has 1 aliphatic heterocycles. The van der Waals surface area contributed by atoms with E-state index in [9.17, 15) is 4.79 Å². The Balaban J connectivity index is 2.05. The van der Waals surface area contributed by atoms with Gasteiger partial charge in [-0.05, 0) is 18.4 Å². The van der Waals surface area contributed by atoms with Gasteiger partial charge in [0.05, 0.1) is 24.1 Å². The Kier molecular flexibility index (Phi) is 3.09. The van der Waals surface area contributed by atoms with Crippen LogP contribution in [0.1, 0.15) is 23.2 Å². The van der Waals surface area contributed by atoms with Gasteiger partial charge in [-0.15, -0.1) is 0 Å². The summed E-state index contributed by atoms with van der Waals surface area (Å²) in [5.41, 5.74) is 4.44. The maximum atomic E-state index is 12.6. The number of carbonyl (C=O) groups excluding carboxylic acids is 1. The van der Waals surface area contributed by atoms with Gasteiger partial charge in [-0.25, -0.2) is 10.9 Å². The fourth-order valence-corrected chi connectivity index (χ4v) is 3.27. The van der Waals surface area contributed by atoms with Crippen LogP contribution in [0, 0.1) is 0 Å². The van der Waals surface area contributed by atoms with Gasteiger partial charge in [0, 0.05) is 17.8 Å². The number of aromatic nitrogens is 1. The number of aryl methyl sites for hydroxylation is 1. The smallest absolute Gasteiger partial charge is 0.273 e. The quantitative estimate of drug-likeness (QED) is 0.684. The average Bonchev–Trinajstić information content (AvgIpc) is 2.92. The molecule has 0 saturated heterocycles. The average molecular weight is 307 g/mol. The van der Waals surface area contributed by atoms with Gasteiger partial charge in [-0.3, -0.25) is 9.36 Å². The van der Waals surface area contributed by atoms with Crippen LogP contribution in [-0.4, -0.2) is 22.6 Å². The Morgan fingerprint density at radius 1 is 1.22 bits per heavy atom. The zero-order chi connectivity index (χ0) is 16.0.